The molecule has 19 heavy (non-hydrogen) atoms. The van der Waals surface area contributed by atoms with Gasteiger partial charge in [0.1, 0.15) is 12.5 Å². The first kappa shape index (κ1) is 13.4. The van der Waals surface area contributed by atoms with Crippen LogP contribution in [0.4, 0.5) is 0 Å². The lowest BCUT2D eigenvalue weighted by Crippen LogP contribution is -2.30. The van der Waals surface area contributed by atoms with Crippen LogP contribution in [0.25, 0.3) is 0 Å². The van der Waals surface area contributed by atoms with Crippen LogP contribution in [0.15, 0.2) is 30.3 Å². The second-order valence-electron chi connectivity index (χ2n) is 4.25. The van der Waals surface area contributed by atoms with Crippen LogP contribution in [0.5, 0.6) is 0 Å². The minimum Gasteiger partial charge on any atom is -0.369 e. The van der Waals surface area contributed by atoms with Crippen molar-refractivity contribution in [2.24, 2.45) is 5.92 Å². The zero-order valence-corrected chi connectivity index (χ0v) is 10.1. The van der Waals surface area contributed by atoms with Crippen molar-refractivity contribution in [3.05, 3.63) is 35.9 Å². The number of carbonyl (C=O) groups excluding carboxylic acids is 3. The van der Waals surface area contributed by atoms with Gasteiger partial charge in [0.2, 0.25) is 0 Å². The van der Waals surface area contributed by atoms with Crippen LogP contribution in [0, 0.1) is 5.92 Å². The molecule has 100 valence electrons. The maximum atomic E-state index is 11.7. The predicted octanol–water partition coefficient (Wildman–Crippen LogP) is 0.537. The Morgan fingerprint density at radius 2 is 2.00 bits per heavy atom. The third kappa shape index (κ3) is 3.04. The number of Topliss-reactive ketones (excluding diaryl/α,β-unsaturated/α-hetero) is 1. The van der Waals surface area contributed by atoms with E-state index in [1.807, 2.05) is 30.3 Å². The lowest BCUT2D eigenvalue weighted by atomic mass is 10.0. The van der Waals surface area contributed by atoms with E-state index in [9.17, 15) is 14.4 Å². The van der Waals surface area contributed by atoms with Gasteiger partial charge in [-0.05, 0) is 5.56 Å². The van der Waals surface area contributed by atoms with Gasteiger partial charge in [-0.25, -0.2) is 0 Å². The fourth-order valence-electron chi connectivity index (χ4n) is 1.81. The van der Waals surface area contributed by atoms with Gasteiger partial charge in [0.25, 0.3) is 11.8 Å². The summed E-state index contributed by atoms with van der Waals surface area (Å²) in [6.07, 6.45) is -0.289. The second kappa shape index (κ2) is 5.73. The van der Waals surface area contributed by atoms with E-state index < -0.39 is 23.5 Å². The van der Waals surface area contributed by atoms with Crippen molar-refractivity contribution < 1.29 is 24.3 Å². The van der Waals surface area contributed by atoms with Gasteiger partial charge in [-0.2, -0.15) is 5.06 Å². The third-order valence-corrected chi connectivity index (χ3v) is 2.87. The van der Waals surface area contributed by atoms with Crippen molar-refractivity contribution in [1.82, 2.24) is 5.06 Å². The quantitative estimate of drug-likeness (QED) is 0.476. The molecule has 2 rings (SSSR count). The summed E-state index contributed by atoms with van der Waals surface area (Å²) in [5, 5.41) is 9.03. The summed E-state index contributed by atoms with van der Waals surface area (Å²) in [6.45, 7) is -0.00328. The lowest BCUT2D eigenvalue weighted by Gasteiger charge is -2.07. The average molecular weight is 263 g/mol. The van der Waals surface area contributed by atoms with Gasteiger partial charge < -0.3 is 4.74 Å². The van der Waals surface area contributed by atoms with Crippen molar-refractivity contribution in [2.75, 3.05) is 6.61 Å². The SMILES string of the molecule is O=C(COCc1ccccc1)C1CC(=O)N(O)C1=O. The van der Waals surface area contributed by atoms with Crippen LogP contribution in [-0.2, 0) is 25.7 Å². The largest absolute Gasteiger partial charge is 0.369 e. The van der Waals surface area contributed by atoms with Crippen molar-refractivity contribution in [3.8, 4) is 0 Å². The molecule has 1 aliphatic heterocycles. The highest BCUT2D eigenvalue weighted by Gasteiger charge is 2.42. The molecular formula is C13H13NO5. The molecule has 6 nitrogen and oxygen atoms in total. The van der Waals surface area contributed by atoms with Crippen LogP contribution in [0.2, 0.25) is 0 Å². The van der Waals surface area contributed by atoms with Crippen LogP contribution in [0.3, 0.4) is 0 Å². The van der Waals surface area contributed by atoms with Crippen molar-refractivity contribution in [3.63, 3.8) is 0 Å². The number of ether oxygens (including phenoxy) is 1. The average Bonchev–Trinajstić information content (AvgIpc) is 2.68. The molecule has 1 saturated heterocycles. The van der Waals surface area contributed by atoms with Gasteiger partial charge in [0.05, 0.1) is 6.61 Å². The lowest BCUT2D eigenvalue weighted by molar-refractivity contribution is -0.172. The van der Waals surface area contributed by atoms with Gasteiger partial charge in [0.15, 0.2) is 5.78 Å². The van der Waals surface area contributed by atoms with E-state index in [1.165, 1.54) is 0 Å². The van der Waals surface area contributed by atoms with Gasteiger partial charge in [-0.1, -0.05) is 30.3 Å². The Morgan fingerprint density at radius 3 is 2.58 bits per heavy atom. The summed E-state index contributed by atoms with van der Waals surface area (Å²) in [7, 11) is 0. The third-order valence-electron chi connectivity index (χ3n) is 2.87. The summed E-state index contributed by atoms with van der Waals surface area (Å²) >= 11 is 0. The van der Waals surface area contributed by atoms with E-state index in [4.69, 9.17) is 9.94 Å². The smallest absolute Gasteiger partial charge is 0.264 e. The molecule has 1 fully saturated rings. The number of ketones is 1. The van der Waals surface area contributed by atoms with Crippen molar-refractivity contribution in [1.29, 1.82) is 0 Å². The first-order chi connectivity index (χ1) is 9.09. The Labute approximate surface area is 109 Å². The molecule has 0 bridgehead atoms. The molecule has 1 N–H and O–H groups in total. The van der Waals surface area contributed by atoms with Gasteiger partial charge >= 0.3 is 0 Å². The molecule has 1 aromatic rings. The summed E-state index contributed by atoms with van der Waals surface area (Å²) in [4.78, 5) is 34.1. The van der Waals surface area contributed by atoms with E-state index in [1.54, 1.807) is 0 Å². The number of rotatable bonds is 5. The van der Waals surface area contributed by atoms with Crippen LogP contribution in [-0.4, -0.2) is 34.5 Å². The first-order valence-electron chi connectivity index (χ1n) is 5.79. The number of benzene rings is 1. The monoisotopic (exact) mass is 263 g/mol. The maximum absolute atomic E-state index is 11.7. The van der Waals surface area contributed by atoms with E-state index in [-0.39, 0.29) is 24.7 Å². The summed E-state index contributed by atoms with van der Waals surface area (Å²) in [5.74, 6) is -3.25. The Kier molecular flexibility index (Phi) is 4.03. The molecule has 0 aliphatic carbocycles. The van der Waals surface area contributed by atoms with Crippen molar-refractivity contribution >= 4 is 17.6 Å². The molecule has 0 aromatic heterocycles. The molecule has 1 atom stereocenters. The highest BCUT2D eigenvalue weighted by molar-refractivity contribution is 6.13. The number of imide groups is 1. The highest BCUT2D eigenvalue weighted by atomic mass is 16.5. The molecule has 1 aliphatic rings. The Bertz CT molecular complexity index is 499. The number of amides is 2. The fraction of sp³-hybridized carbons (Fsp3) is 0.308. The summed E-state index contributed by atoms with van der Waals surface area (Å²) in [5.41, 5.74) is 0.910. The first-order valence-corrected chi connectivity index (χ1v) is 5.79. The molecule has 6 heteroatoms. The number of hydrogen-bond acceptors (Lipinski definition) is 5. The zero-order chi connectivity index (χ0) is 13.8. The second-order valence-corrected chi connectivity index (χ2v) is 4.25. The number of carbonyl (C=O) groups is 3. The zero-order valence-electron chi connectivity index (χ0n) is 10.1. The number of nitrogens with zero attached hydrogens (tertiary/aromatic N) is 1. The number of hydrogen-bond donors (Lipinski definition) is 1. The van der Waals surface area contributed by atoms with Gasteiger partial charge in [-0.3, -0.25) is 19.6 Å². The molecule has 0 radical (unpaired) electrons. The number of hydroxylamine groups is 2. The molecule has 1 unspecified atom stereocenters. The minimum absolute atomic E-state index is 0.000236. The molecule has 0 saturated carbocycles. The van der Waals surface area contributed by atoms with Crippen LogP contribution in [0.1, 0.15) is 12.0 Å². The van der Waals surface area contributed by atoms with Gasteiger partial charge in [0, 0.05) is 6.42 Å². The fourth-order valence-corrected chi connectivity index (χ4v) is 1.81. The van der Waals surface area contributed by atoms with E-state index >= 15 is 0 Å². The van der Waals surface area contributed by atoms with Crippen molar-refractivity contribution in [2.45, 2.75) is 13.0 Å². The summed E-state index contributed by atoms with van der Waals surface area (Å²) in [6, 6.07) is 9.27. The molecule has 2 amide bonds. The van der Waals surface area contributed by atoms with Crippen LogP contribution >= 0.6 is 0 Å². The van der Waals surface area contributed by atoms with E-state index in [0.717, 1.165) is 5.56 Å². The van der Waals surface area contributed by atoms with E-state index in [0.29, 0.717) is 0 Å². The molecule has 0 spiro atoms. The molecule has 1 aromatic carbocycles. The van der Waals surface area contributed by atoms with Crippen LogP contribution < -0.4 is 0 Å². The van der Waals surface area contributed by atoms with E-state index in [2.05, 4.69) is 0 Å². The van der Waals surface area contributed by atoms with Gasteiger partial charge in [-0.15, -0.1) is 0 Å². The minimum atomic E-state index is -1.12. The Morgan fingerprint density at radius 1 is 1.32 bits per heavy atom. The topological polar surface area (TPSA) is 83.9 Å². The highest BCUT2D eigenvalue weighted by Crippen LogP contribution is 2.18. The maximum Gasteiger partial charge on any atom is 0.264 e. The normalized spacial score (nSPS) is 19.0. The molecular weight excluding hydrogens is 250 g/mol. The standard InChI is InChI=1S/C13H13NO5/c15-11(10-6-12(16)14(18)13(10)17)8-19-7-9-4-2-1-3-5-9/h1-5,10,18H,6-8H2. The summed E-state index contributed by atoms with van der Waals surface area (Å²) < 4.78 is 5.20. The Balaban J connectivity index is 1.82. The molecule has 1 heterocycles. The Hall–Kier alpha value is -2.05. The predicted molar refractivity (Wildman–Crippen MR) is 62.9 cm³/mol.